The summed E-state index contributed by atoms with van der Waals surface area (Å²) in [5.74, 6) is -1.07. The van der Waals surface area contributed by atoms with Gasteiger partial charge in [-0.1, -0.05) is 12.1 Å². The zero-order valence-electron chi connectivity index (χ0n) is 8.35. The number of aryl methyl sites for hydroxylation is 2. The highest BCUT2D eigenvalue weighted by Gasteiger charge is 2.24. The average Bonchev–Trinajstić information content (AvgIpc) is 1.99. The lowest BCUT2D eigenvalue weighted by molar-refractivity contribution is -0.458. The molecule has 0 amide bonds. The van der Waals surface area contributed by atoms with E-state index in [0.29, 0.717) is 11.1 Å². The maximum absolute atomic E-state index is 11.6. The molecule has 0 aliphatic heterocycles. The van der Waals surface area contributed by atoms with Crippen LogP contribution < -0.4 is 0 Å². The lowest BCUT2D eigenvalue weighted by Crippen LogP contribution is -2.16. The molecule has 0 saturated heterocycles. The summed E-state index contributed by atoms with van der Waals surface area (Å²) in [4.78, 5) is 9.43. The minimum atomic E-state index is -3.84. The van der Waals surface area contributed by atoms with E-state index in [0.717, 1.165) is 0 Å². The molecule has 0 heterocycles. The Morgan fingerprint density at radius 1 is 1.33 bits per heavy atom. The lowest BCUT2D eigenvalue weighted by atomic mass is 10.2. The average molecular weight is 228 g/mol. The molecule has 1 aromatic rings. The third-order valence-electron chi connectivity index (χ3n) is 1.90. The number of nitro groups is 1. The maximum atomic E-state index is 11.6. The molecule has 0 fully saturated rings. The van der Waals surface area contributed by atoms with Crippen molar-refractivity contribution in [2.45, 2.75) is 18.7 Å². The summed E-state index contributed by atoms with van der Waals surface area (Å²) in [5, 5.41) is 10.2. The van der Waals surface area contributed by atoms with E-state index in [2.05, 4.69) is 6.07 Å². The van der Waals surface area contributed by atoms with E-state index in [1.165, 1.54) is 12.1 Å². The molecular formula is C9H10NO4S. The number of hydrogen-bond acceptors (Lipinski definition) is 4. The summed E-state index contributed by atoms with van der Waals surface area (Å²) in [6.07, 6.45) is 0. The van der Waals surface area contributed by atoms with E-state index in [1.54, 1.807) is 13.8 Å². The van der Waals surface area contributed by atoms with Crippen molar-refractivity contribution in [1.29, 1.82) is 0 Å². The lowest BCUT2D eigenvalue weighted by Gasteiger charge is -2.06. The molecule has 1 radical (unpaired) electrons. The molecule has 0 saturated carbocycles. The van der Waals surface area contributed by atoms with Crippen LogP contribution in [0.4, 0.5) is 0 Å². The molecule has 15 heavy (non-hydrogen) atoms. The molecule has 0 aromatic heterocycles. The summed E-state index contributed by atoms with van der Waals surface area (Å²) in [5.41, 5.74) is 0.966. The van der Waals surface area contributed by atoms with E-state index >= 15 is 0 Å². The maximum Gasteiger partial charge on any atom is 0.305 e. The number of sulfone groups is 1. The van der Waals surface area contributed by atoms with Gasteiger partial charge in [0.05, 0.1) is 4.90 Å². The fourth-order valence-corrected chi connectivity index (χ4v) is 2.93. The molecule has 0 aliphatic rings. The largest absolute Gasteiger partial charge is 0.305 e. The Morgan fingerprint density at radius 2 is 1.80 bits per heavy atom. The van der Waals surface area contributed by atoms with Gasteiger partial charge in [0.2, 0.25) is 9.84 Å². The smallest absolute Gasteiger partial charge is 0.263 e. The Bertz CT molecular complexity index is 473. The first-order chi connectivity index (χ1) is 6.84. The zero-order valence-corrected chi connectivity index (χ0v) is 9.17. The molecule has 81 valence electrons. The van der Waals surface area contributed by atoms with Gasteiger partial charge >= 0.3 is 5.88 Å². The molecule has 5 nitrogen and oxygen atoms in total. The van der Waals surface area contributed by atoms with Crippen molar-refractivity contribution in [2.24, 2.45) is 0 Å². The van der Waals surface area contributed by atoms with Gasteiger partial charge in [0, 0.05) is 4.92 Å². The molecule has 6 heteroatoms. The Morgan fingerprint density at radius 3 is 2.20 bits per heavy atom. The van der Waals surface area contributed by atoms with Crippen LogP contribution >= 0.6 is 0 Å². The van der Waals surface area contributed by atoms with Gasteiger partial charge in [-0.15, -0.1) is 0 Å². The summed E-state index contributed by atoms with van der Waals surface area (Å²) in [7, 11) is -3.84. The first kappa shape index (κ1) is 11.6. The van der Waals surface area contributed by atoms with Gasteiger partial charge in [0.1, 0.15) is 0 Å². The van der Waals surface area contributed by atoms with Gasteiger partial charge in [-0.2, -0.15) is 0 Å². The molecular weight excluding hydrogens is 218 g/mol. The van der Waals surface area contributed by atoms with Crippen LogP contribution in [-0.2, 0) is 9.84 Å². The van der Waals surface area contributed by atoms with Gasteiger partial charge in [0.15, 0.2) is 0 Å². The van der Waals surface area contributed by atoms with E-state index in [1.807, 2.05) is 0 Å². The van der Waals surface area contributed by atoms with Gasteiger partial charge in [-0.05, 0) is 31.0 Å². The van der Waals surface area contributed by atoms with Crippen LogP contribution in [0, 0.1) is 30.0 Å². The van der Waals surface area contributed by atoms with Crippen molar-refractivity contribution >= 4 is 9.84 Å². The quantitative estimate of drug-likeness (QED) is 0.573. The summed E-state index contributed by atoms with van der Waals surface area (Å²) < 4.78 is 23.3. The Labute approximate surface area is 87.8 Å². The summed E-state index contributed by atoms with van der Waals surface area (Å²) in [6, 6.07) is 5.76. The Balaban J connectivity index is 3.33. The molecule has 0 spiro atoms. The Kier molecular flexibility index (Phi) is 3.09. The minimum absolute atomic E-state index is 0.0398. The van der Waals surface area contributed by atoms with Crippen LogP contribution in [-0.4, -0.2) is 19.2 Å². The third-order valence-corrected chi connectivity index (χ3v) is 3.72. The fraction of sp³-hybridized carbons (Fsp3) is 0.333. The first-order valence-corrected chi connectivity index (χ1v) is 5.81. The molecule has 0 aliphatic carbocycles. The minimum Gasteiger partial charge on any atom is -0.263 e. The highest BCUT2D eigenvalue weighted by Crippen LogP contribution is 2.20. The predicted octanol–water partition coefficient (Wildman–Crippen LogP) is 1.11. The monoisotopic (exact) mass is 228 g/mol. The van der Waals surface area contributed by atoms with E-state index < -0.39 is 20.6 Å². The number of benzene rings is 1. The first-order valence-electron chi connectivity index (χ1n) is 4.16. The normalized spacial score (nSPS) is 11.3. The molecule has 0 bridgehead atoms. The predicted molar refractivity (Wildman–Crippen MR) is 53.8 cm³/mol. The topological polar surface area (TPSA) is 77.3 Å². The van der Waals surface area contributed by atoms with Crippen molar-refractivity contribution < 1.29 is 13.3 Å². The summed E-state index contributed by atoms with van der Waals surface area (Å²) >= 11 is 0. The highest BCUT2D eigenvalue weighted by molar-refractivity contribution is 7.91. The summed E-state index contributed by atoms with van der Waals surface area (Å²) in [6.45, 7) is 3.19. The van der Waals surface area contributed by atoms with Crippen LogP contribution in [0.25, 0.3) is 0 Å². The number of rotatable bonds is 3. The second-order valence-corrected chi connectivity index (χ2v) is 5.12. The van der Waals surface area contributed by atoms with Crippen molar-refractivity contribution in [3.8, 4) is 0 Å². The van der Waals surface area contributed by atoms with Crippen LogP contribution in [0.1, 0.15) is 11.1 Å². The SMILES string of the molecule is Cc1c[c]cc(C)c1S(=O)(=O)C[N+](=O)[O-]. The second kappa shape index (κ2) is 3.98. The van der Waals surface area contributed by atoms with Crippen LogP contribution in [0.2, 0.25) is 0 Å². The molecule has 0 unspecified atom stereocenters. The molecule has 0 atom stereocenters. The van der Waals surface area contributed by atoms with Crippen LogP contribution in [0.3, 0.4) is 0 Å². The standard InChI is InChI=1S/C9H10NO4S/c1-7-4-3-5-8(2)9(7)15(13,14)6-10(11)12/h4-5H,6H2,1-2H3. The molecule has 1 aromatic carbocycles. The van der Waals surface area contributed by atoms with Crippen molar-refractivity contribution in [2.75, 3.05) is 5.88 Å². The van der Waals surface area contributed by atoms with E-state index in [9.17, 15) is 18.5 Å². The van der Waals surface area contributed by atoms with Crippen molar-refractivity contribution in [3.63, 3.8) is 0 Å². The van der Waals surface area contributed by atoms with Gasteiger partial charge in [-0.3, -0.25) is 10.1 Å². The van der Waals surface area contributed by atoms with Crippen molar-refractivity contribution in [3.05, 3.63) is 39.4 Å². The van der Waals surface area contributed by atoms with Crippen LogP contribution in [0.15, 0.2) is 17.0 Å². The van der Waals surface area contributed by atoms with Crippen LogP contribution in [0.5, 0.6) is 0 Å². The van der Waals surface area contributed by atoms with E-state index in [4.69, 9.17) is 0 Å². The fourth-order valence-electron chi connectivity index (χ4n) is 1.43. The van der Waals surface area contributed by atoms with Crippen molar-refractivity contribution in [1.82, 2.24) is 0 Å². The van der Waals surface area contributed by atoms with Gasteiger partial charge in [0.25, 0.3) is 0 Å². The molecule has 0 N–H and O–H groups in total. The Hall–Kier alpha value is -1.43. The third kappa shape index (κ3) is 2.53. The number of hydrogen-bond donors (Lipinski definition) is 0. The highest BCUT2D eigenvalue weighted by atomic mass is 32.2. The van der Waals surface area contributed by atoms with Gasteiger partial charge < -0.3 is 0 Å². The van der Waals surface area contributed by atoms with E-state index in [-0.39, 0.29) is 4.90 Å². The molecule has 1 rings (SSSR count). The second-order valence-electron chi connectivity index (χ2n) is 3.23. The van der Waals surface area contributed by atoms with Gasteiger partial charge in [-0.25, -0.2) is 8.42 Å². The number of nitrogens with zero attached hydrogens (tertiary/aromatic N) is 1. The zero-order chi connectivity index (χ0) is 11.6.